The van der Waals surface area contributed by atoms with E-state index in [-0.39, 0.29) is 11.8 Å². The Morgan fingerprint density at radius 3 is 2.23 bits per heavy atom. The lowest BCUT2D eigenvalue weighted by Gasteiger charge is -2.31. The van der Waals surface area contributed by atoms with Gasteiger partial charge in [0.05, 0.1) is 0 Å². The summed E-state index contributed by atoms with van der Waals surface area (Å²) in [6.45, 7) is 6.69. The SMILES string of the molecule is O=C(c1ccc(-c2ccc3c(c2)CCN(CCN2CCCC2)C3=O)cc1)N1CCC1. The van der Waals surface area contributed by atoms with Gasteiger partial charge in [-0.15, -0.1) is 0 Å². The minimum absolute atomic E-state index is 0.123. The van der Waals surface area contributed by atoms with Crippen LogP contribution in [0.1, 0.15) is 45.5 Å². The molecule has 0 aromatic heterocycles. The molecule has 0 saturated carbocycles. The highest BCUT2D eigenvalue weighted by Crippen LogP contribution is 2.27. The fourth-order valence-electron chi connectivity index (χ4n) is 4.70. The summed E-state index contributed by atoms with van der Waals surface area (Å²) in [5.74, 6) is 0.287. The molecule has 0 aliphatic carbocycles. The molecule has 156 valence electrons. The molecular formula is C25H29N3O2. The van der Waals surface area contributed by atoms with Crippen LogP contribution in [0.3, 0.4) is 0 Å². The van der Waals surface area contributed by atoms with Gasteiger partial charge in [0.1, 0.15) is 0 Å². The molecule has 0 radical (unpaired) electrons. The van der Waals surface area contributed by atoms with E-state index >= 15 is 0 Å². The van der Waals surface area contributed by atoms with Gasteiger partial charge in [-0.3, -0.25) is 9.59 Å². The molecule has 2 fully saturated rings. The Hall–Kier alpha value is -2.66. The second-order valence-corrected chi connectivity index (χ2v) is 8.69. The Morgan fingerprint density at radius 1 is 0.800 bits per heavy atom. The van der Waals surface area contributed by atoms with E-state index in [4.69, 9.17) is 0 Å². The fourth-order valence-corrected chi connectivity index (χ4v) is 4.70. The number of likely N-dealkylation sites (tertiary alicyclic amines) is 2. The lowest BCUT2D eigenvalue weighted by atomic mass is 9.93. The number of fused-ring (bicyclic) bond motifs is 1. The number of hydrogen-bond donors (Lipinski definition) is 0. The van der Waals surface area contributed by atoms with Crippen LogP contribution in [0.15, 0.2) is 42.5 Å². The third-order valence-corrected chi connectivity index (χ3v) is 6.77. The van der Waals surface area contributed by atoms with Gasteiger partial charge in [0, 0.05) is 43.9 Å². The lowest BCUT2D eigenvalue weighted by molar-refractivity contribution is 0.0651. The van der Waals surface area contributed by atoms with Gasteiger partial charge >= 0.3 is 0 Å². The van der Waals surface area contributed by atoms with Crippen molar-refractivity contribution in [3.8, 4) is 11.1 Å². The number of hydrogen-bond acceptors (Lipinski definition) is 3. The molecule has 3 aliphatic rings. The van der Waals surface area contributed by atoms with E-state index in [0.717, 1.165) is 73.4 Å². The van der Waals surface area contributed by atoms with Crippen molar-refractivity contribution in [1.29, 1.82) is 0 Å². The van der Waals surface area contributed by atoms with Gasteiger partial charge in [-0.25, -0.2) is 0 Å². The maximum atomic E-state index is 13.0. The van der Waals surface area contributed by atoms with Crippen LogP contribution in [0.4, 0.5) is 0 Å². The van der Waals surface area contributed by atoms with Gasteiger partial charge in [-0.1, -0.05) is 24.3 Å². The average molecular weight is 404 g/mol. The van der Waals surface area contributed by atoms with Gasteiger partial charge in [-0.05, 0) is 73.7 Å². The molecule has 0 bridgehead atoms. The molecular weight excluding hydrogens is 374 g/mol. The molecule has 5 heteroatoms. The quantitative estimate of drug-likeness (QED) is 0.770. The van der Waals surface area contributed by atoms with E-state index in [1.165, 1.54) is 25.9 Å². The van der Waals surface area contributed by atoms with Crippen molar-refractivity contribution in [3.63, 3.8) is 0 Å². The van der Waals surface area contributed by atoms with E-state index in [0.29, 0.717) is 0 Å². The second kappa shape index (κ2) is 8.23. The molecule has 0 unspecified atom stereocenters. The number of rotatable bonds is 5. The van der Waals surface area contributed by atoms with Gasteiger partial charge in [0.25, 0.3) is 11.8 Å². The maximum Gasteiger partial charge on any atom is 0.254 e. The monoisotopic (exact) mass is 403 g/mol. The minimum atomic E-state index is 0.123. The summed E-state index contributed by atoms with van der Waals surface area (Å²) >= 11 is 0. The van der Waals surface area contributed by atoms with Crippen molar-refractivity contribution in [1.82, 2.24) is 14.7 Å². The Morgan fingerprint density at radius 2 is 1.53 bits per heavy atom. The van der Waals surface area contributed by atoms with Crippen molar-refractivity contribution in [2.45, 2.75) is 25.7 Å². The summed E-state index contributed by atoms with van der Waals surface area (Å²) in [6.07, 6.45) is 4.58. The van der Waals surface area contributed by atoms with Gasteiger partial charge in [0.15, 0.2) is 0 Å². The van der Waals surface area contributed by atoms with Crippen molar-refractivity contribution in [2.24, 2.45) is 0 Å². The third kappa shape index (κ3) is 3.74. The van der Waals surface area contributed by atoms with Crippen LogP contribution in [0.5, 0.6) is 0 Å². The first-order valence-electron chi connectivity index (χ1n) is 11.2. The van der Waals surface area contributed by atoms with E-state index in [1.807, 2.05) is 46.2 Å². The first-order chi connectivity index (χ1) is 14.7. The fraction of sp³-hybridized carbons (Fsp3) is 0.440. The normalized spacial score (nSPS) is 19.0. The predicted molar refractivity (Wildman–Crippen MR) is 118 cm³/mol. The highest BCUT2D eigenvalue weighted by Gasteiger charge is 2.25. The summed E-state index contributed by atoms with van der Waals surface area (Å²) < 4.78 is 0. The van der Waals surface area contributed by atoms with Crippen molar-refractivity contribution >= 4 is 11.8 Å². The highest BCUT2D eigenvalue weighted by atomic mass is 16.2. The lowest BCUT2D eigenvalue weighted by Crippen LogP contribution is -2.42. The molecule has 2 saturated heterocycles. The summed E-state index contributed by atoms with van der Waals surface area (Å²) in [5, 5.41) is 0. The Kier molecular flexibility index (Phi) is 5.30. The number of carbonyl (C=O) groups excluding carboxylic acids is 2. The molecule has 2 aromatic carbocycles. The van der Waals surface area contributed by atoms with Crippen LogP contribution < -0.4 is 0 Å². The van der Waals surface area contributed by atoms with Gasteiger partial charge < -0.3 is 14.7 Å². The zero-order chi connectivity index (χ0) is 20.5. The van der Waals surface area contributed by atoms with Gasteiger partial charge in [-0.2, -0.15) is 0 Å². The van der Waals surface area contributed by atoms with Crippen LogP contribution in [-0.2, 0) is 6.42 Å². The summed E-state index contributed by atoms with van der Waals surface area (Å²) in [4.78, 5) is 31.7. The van der Waals surface area contributed by atoms with Crippen LogP contribution >= 0.6 is 0 Å². The van der Waals surface area contributed by atoms with Gasteiger partial charge in [0.2, 0.25) is 0 Å². The maximum absolute atomic E-state index is 13.0. The predicted octanol–water partition coefficient (Wildman–Crippen LogP) is 3.29. The molecule has 0 N–H and O–H groups in total. The zero-order valence-electron chi connectivity index (χ0n) is 17.5. The van der Waals surface area contributed by atoms with E-state index in [1.54, 1.807) is 0 Å². The molecule has 3 heterocycles. The summed E-state index contributed by atoms with van der Waals surface area (Å²) in [5.41, 5.74) is 4.92. The highest BCUT2D eigenvalue weighted by molar-refractivity contribution is 5.98. The summed E-state index contributed by atoms with van der Waals surface area (Å²) in [7, 11) is 0. The Labute approximate surface area is 178 Å². The Bertz CT molecular complexity index is 943. The second-order valence-electron chi connectivity index (χ2n) is 8.69. The van der Waals surface area contributed by atoms with Crippen molar-refractivity contribution in [3.05, 3.63) is 59.2 Å². The molecule has 5 nitrogen and oxygen atoms in total. The summed E-state index contributed by atoms with van der Waals surface area (Å²) in [6, 6.07) is 14.0. The van der Waals surface area contributed by atoms with E-state index in [9.17, 15) is 9.59 Å². The van der Waals surface area contributed by atoms with Crippen LogP contribution in [0, 0.1) is 0 Å². The molecule has 2 aromatic rings. The molecule has 3 aliphatic heterocycles. The largest absolute Gasteiger partial charge is 0.339 e. The molecule has 5 rings (SSSR count). The Balaban J connectivity index is 1.27. The average Bonchev–Trinajstić information content (AvgIpc) is 3.25. The topological polar surface area (TPSA) is 43.9 Å². The minimum Gasteiger partial charge on any atom is -0.339 e. The van der Waals surface area contributed by atoms with Crippen LogP contribution in [0.25, 0.3) is 11.1 Å². The van der Waals surface area contributed by atoms with E-state index < -0.39 is 0 Å². The molecule has 0 atom stereocenters. The smallest absolute Gasteiger partial charge is 0.254 e. The van der Waals surface area contributed by atoms with E-state index in [2.05, 4.69) is 11.0 Å². The van der Waals surface area contributed by atoms with Crippen molar-refractivity contribution < 1.29 is 9.59 Å². The number of amides is 2. The van der Waals surface area contributed by atoms with Crippen LogP contribution in [0.2, 0.25) is 0 Å². The van der Waals surface area contributed by atoms with Crippen LogP contribution in [-0.4, -0.2) is 72.3 Å². The standard InChI is InChI=1S/C25H29N3O2/c29-24(27-13-3-14-27)20-6-4-19(5-7-20)21-8-9-23-22(18-21)10-15-28(25(23)30)17-16-26-11-1-2-12-26/h4-9,18H,1-3,10-17H2. The molecule has 30 heavy (non-hydrogen) atoms. The number of nitrogens with zero attached hydrogens (tertiary/aromatic N) is 3. The number of benzene rings is 2. The zero-order valence-corrected chi connectivity index (χ0v) is 17.5. The first kappa shape index (κ1) is 19.3. The van der Waals surface area contributed by atoms with Crippen molar-refractivity contribution in [2.75, 3.05) is 45.8 Å². The molecule has 0 spiro atoms. The number of carbonyl (C=O) groups is 2. The third-order valence-electron chi connectivity index (χ3n) is 6.77. The first-order valence-corrected chi connectivity index (χ1v) is 11.2. The molecule has 2 amide bonds.